The average Bonchev–Trinajstić information content (AvgIpc) is 3.19. The number of likely N-dealkylation sites (tertiary alicyclic amines) is 1. The Balaban J connectivity index is 1.23. The molecule has 0 spiro atoms. The Hall–Kier alpha value is -3.68. The maximum absolute atomic E-state index is 13.4. The number of carbonyl (C=O) groups excluding carboxylic acids is 3. The van der Waals surface area contributed by atoms with Crippen LogP contribution >= 0.6 is 0 Å². The van der Waals surface area contributed by atoms with Crippen molar-refractivity contribution in [3.05, 3.63) is 82.8 Å². The summed E-state index contributed by atoms with van der Waals surface area (Å²) in [6.45, 7) is 1.55. The van der Waals surface area contributed by atoms with E-state index in [4.69, 9.17) is 0 Å². The van der Waals surface area contributed by atoms with E-state index in [1.807, 2.05) is 11.0 Å². The Bertz CT molecular complexity index is 1160. The molecular formula is C27H29FN4O3. The number of hydrogen-bond acceptors (Lipinski definition) is 3. The third-order valence-corrected chi connectivity index (χ3v) is 7.30. The average molecular weight is 477 g/mol. The number of likely N-dealkylation sites (N-methyl/N-ethyl adjacent to an activating group) is 1. The Kier molecular flexibility index (Phi) is 6.28. The minimum atomic E-state index is -0.671. The fraction of sp³-hybridized carbons (Fsp3) is 0.370. The van der Waals surface area contributed by atoms with Crippen LogP contribution < -0.4 is 5.32 Å². The highest BCUT2D eigenvalue weighted by atomic mass is 19.1. The van der Waals surface area contributed by atoms with Crippen LogP contribution in [0.5, 0.6) is 0 Å². The highest BCUT2D eigenvalue weighted by molar-refractivity contribution is 6.02. The maximum atomic E-state index is 13.4. The number of piperidine rings is 1. The standard InChI is InChI=1S/C27H29FN4O3/c1-30-22-16-32(26(34)24(22)25(29-27(30)35)20-7-9-21(28)10-8-20)17-23(33)31-13-11-19(12-14-31)15-18-5-3-2-4-6-18/h2-10,19,25H,11-17H2,1H3,(H,29,35). The van der Waals surface area contributed by atoms with Crippen LogP contribution in [0.3, 0.4) is 0 Å². The second kappa shape index (κ2) is 9.52. The van der Waals surface area contributed by atoms with Gasteiger partial charge in [0.15, 0.2) is 0 Å². The van der Waals surface area contributed by atoms with Crippen molar-refractivity contribution >= 4 is 17.8 Å². The van der Waals surface area contributed by atoms with Crippen molar-refractivity contribution < 1.29 is 18.8 Å². The monoisotopic (exact) mass is 476 g/mol. The Labute approximate surface area is 204 Å². The van der Waals surface area contributed by atoms with E-state index in [-0.39, 0.29) is 36.8 Å². The predicted octanol–water partition coefficient (Wildman–Crippen LogP) is 3.10. The topological polar surface area (TPSA) is 73.0 Å². The second-order valence-electron chi connectivity index (χ2n) is 9.53. The van der Waals surface area contributed by atoms with Crippen molar-refractivity contribution in [1.82, 2.24) is 20.0 Å². The molecule has 2 aromatic carbocycles. The number of halogens is 1. The van der Waals surface area contributed by atoms with Gasteiger partial charge in [-0.3, -0.25) is 14.5 Å². The molecule has 0 aromatic heterocycles. The van der Waals surface area contributed by atoms with E-state index >= 15 is 0 Å². The zero-order chi connectivity index (χ0) is 24.5. The zero-order valence-corrected chi connectivity index (χ0v) is 19.7. The van der Waals surface area contributed by atoms with Gasteiger partial charge in [0.25, 0.3) is 5.91 Å². The molecule has 0 saturated carbocycles. The van der Waals surface area contributed by atoms with E-state index in [0.29, 0.717) is 35.8 Å². The van der Waals surface area contributed by atoms with Gasteiger partial charge in [0.2, 0.25) is 5.91 Å². The van der Waals surface area contributed by atoms with E-state index in [1.54, 1.807) is 19.2 Å². The van der Waals surface area contributed by atoms with Gasteiger partial charge in [-0.25, -0.2) is 9.18 Å². The van der Waals surface area contributed by atoms with Gasteiger partial charge in [-0.2, -0.15) is 0 Å². The van der Waals surface area contributed by atoms with Gasteiger partial charge in [-0.05, 0) is 48.4 Å². The summed E-state index contributed by atoms with van der Waals surface area (Å²) in [6.07, 6.45) is 2.90. The van der Waals surface area contributed by atoms with Crippen molar-refractivity contribution in [3.63, 3.8) is 0 Å². The first-order valence-electron chi connectivity index (χ1n) is 12.0. The second-order valence-corrected chi connectivity index (χ2v) is 9.53. The fourth-order valence-electron chi connectivity index (χ4n) is 5.25. The van der Waals surface area contributed by atoms with Crippen LogP contribution in [-0.2, 0) is 16.0 Å². The summed E-state index contributed by atoms with van der Waals surface area (Å²) >= 11 is 0. The van der Waals surface area contributed by atoms with Crippen LogP contribution in [0, 0.1) is 11.7 Å². The molecule has 4 amide bonds. The molecule has 1 atom stereocenters. The van der Waals surface area contributed by atoms with Gasteiger partial charge in [0, 0.05) is 20.1 Å². The summed E-state index contributed by atoms with van der Waals surface area (Å²) in [4.78, 5) is 43.8. The molecule has 35 heavy (non-hydrogen) atoms. The molecule has 3 aliphatic heterocycles. The largest absolute Gasteiger partial charge is 0.341 e. The molecule has 3 heterocycles. The van der Waals surface area contributed by atoms with Gasteiger partial charge in [0.05, 0.1) is 23.9 Å². The lowest BCUT2D eigenvalue weighted by Crippen LogP contribution is -2.45. The SMILES string of the molecule is CN1C(=O)NC(c2ccc(F)cc2)C2=C1CN(CC(=O)N1CCC(Cc3ccccc3)CC1)C2=O. The first kappa shape index (κ1) is 23.1. The van der Waals surface area contributed by atoms with Crippen molar-refractivity contribution in [2.24, 2.45) is 5.92 Å². The van der Waals surface area contributed by atoms with Crippen LogP contribution in [0.2, 0.25) is 0 Å². The molecule has 1 fully saturated rings. The predicted molar refractivity (Wildman–Crippen MR) is 128 cm³/mol. The highest BCUT2D eigenvalue weighted by Crippen LogP contribution is 2.35. The number of benzene rings is 2. The molecule has 1 unspecified atom stereocenters. The number of nitrogens with one attached hydrogen (secondary N) is 1. The van der Waals surface area contributed by atoms with Crippen LogP contribution in [0.15, 0.2) is 65.9 Å². The smallest absolute Gasteiger partial charge is 0.322 e. The number of carbonyl (C=O) groups is 3. The molecule has 1 saturated heterocycles. The lowest BCUT2D eigenvalue weighted by molar-refractivity contribution is -0.138. The summed E-state index contributed by atoms with van der Waals surface area (Å²) in [5, 5.41) is 2.83. The van der Waals surface area contributed by atoms with Gasteiger partial charge >= 0.3 is 6.03 Å². The van der Waals surface area contributed by atoms with Gasteiger partial charge in [-0.15, -0.1) is 0 Å². The minimum absolute atomic E-state index is 0.0205. The van der Waals surface area contributed by atoms with Crippen LogP contribution in [0.1, 0.15) is 30.0 Å². The third kappa shape index (κ3) is 4.65. The Morgan fingerprint density at radius 1 is 1.03 bits per heavy atom. The molecule has 3 aliphatic rings. The molecule has 2 aromatic rings. The van der Waals surface area contributed by atoms with E-state index in [2.05, 4.69) is 29.6 Å². The minimum Gasteiger partial charge on any atom is -0.341 e. The molecule has 1 N–H and O–H groups in total. The van der Waals surface area contributed by atoms with E-state index in [9.17, 15) is 18.8 Å². The summed E-state index contributed by atoms with van der Waals surface area (Å²) in [6, 6.07) is 15.1. The van der Waals surface area contributed by atoms with E-state index in [0.717, 1.165) is 19.3 Å². The van der Waals surface area contributed by atoms with Crippen molar-refractivity contribution in [3.8, 4) is 0 Å². The molecule has 0 aliphatic carbocycles. The molecule has 7 nitrogen and oxygen atoms in total. The van der Waals surface area contributed by atoms with Crippen LogP contribution in [-0.4, -0.2) is 65.8 Å². The number of hydrogen-bond donors (Lipinski definition) is 1. The first-order valence-corrected chi connectivity index (χ1v) is 12.0. The molecular weight excluding hydrogens is 447 g/mol. The molecule has 0 bridgehead atoms. The zero-order valence-electron chi connectivity index (χ0n) is 19.7. The number of rotatable bonds is 5. The summed E-state index contributed by atoms with van der Waals surface area (Å²) in [5.74, 6) is -0.184. The Morgan fingerprint density at radius 2 is 1.71 bits per heavy atom. The van der Waals surface area contributed by atoms with Crippen molar-refractivity contribution in [2.45, 2.75) is 25.3 Å². The number of urea groups is 1. The lowest BCUT2D eigenvalue weighted by atomic mass is 9.90. The highest BCUT2D eigenvalue weighted by Gasteiger charge is 2.43. The van der Waals surface area contributed by atoms with Gasteiger partial charge in [-0.1, -0.05) is 42.5 Å². The van der Waals surface area contributed by atoms with Crippen molar-refractivity contribution in [2.75, 3.05) is 33.2 Å². The number of amides is 4. The van der Waals surface area contributed by atoms with Crippen molar-refractivity contribution in [1.29, 1.82) is 0 Å². The lowest BCUT2D eigenvalue weighted by Gasteiger charge is -2.33. The summed E-state index contributed by atoms with van der Waals surface area (Å²) in [7, 11) is 1.61. The fourth-order valence-corrected chi connectivity index (χ4v) is 5.25. The van der Waals surface area contributed by atoms with Crippen LogP contribution in [0.4, 0.5) is 9.18 Å². The van der Waals surface area contributed by atoms with Crippen LogP contribution in [0.25, 0.3) is 0 Å². The third-order valence-electron chi connectivity index (χ3n) is 7.30. The normalized spacial score (nSPS) is 20.9. The quantitative estimate of drug-likeness (QED) is 0.721. The Morgan fingerprint density at radius 3 is 2.40 bits per heavy atom. The summed E-state index contributed by atoms with van der Waals surface area (Å²) in [5.41, 5.74) is 2.97. The summed E-state index contributed by atoms with van der Waals surface area (Å²) < 4.78 is 13.4. The molecule has 0 radical (unpaired) electrons. The molecule has 182 valence electrons. The first-order chi connectivity index (χ1) is 16.9. The van der Waals surface area contributed by atoms with Gasteiger partial charge in [0.1, 0.15) is 12.4 Å². The number of nitrogens with zero attached hydrogens (tertiary/aromatic N) is 3. The van der Waals surface area contributed by atoms with Gasteiger partial charge < -0.3 is 15.1 Å². The maximum Gasteiger partial charge on any atom is 0.322 e. The molecule has 8 heteroatoms. The van der Waals surface area contributed by atoms with E-state index in [1.165, 1.54) is 27.5 Å². The molecule has 5 rings (SSSR count). The van der Waals surface area contributed by atoms with E-state index < -0.39 is 6.04 Å².